The molecule has 0 aromatic rings. The van der Waals surface area contributed by atoms with Crippen LogP contribution in [0, 0.1) is 11.8 Å². The lowest BCUT2D eigenvalue weighted by Gasteiger charge is -2.21. The molecule has 0 radical (unpaired) electrons. The van der Waals surface area contributed by atoms with Crippen molar-refractivity contribution in [2.24, 2.45) is 33.3 Å². The monoisotopic (exact) mass is 248 g/mol. The molecular weight excluding hydrogens is 228 g/mol. The Labute approximate surface area is 108 Å². The zero-order chi connectivity index (χ0) is 13.7. The van der Waals surface area contributed by atoms with Gasteiger partial charge in [-0.1, -0.05) is 18.7 Å². The molecule has 0 saturated carbocycles. The van der Waals surface area contributed by atoms with Gasteiger partial charge in [0.1, 0.15) is 11.7 Å². The minimum atomic E-state index is -0.262. The summed E-state index contributed by atoms with van der Waals surface area (Å²) in [7, 11) is 1.63. The number of hydrogen-bond acceptors (Lipinski definition) is 3. The fourth-order valence-electron chi connectivity index (χ4n) is 2.21. The maximum absolute atomic E-state index is 5.96. The fourth-order valence-corrected chi connectivity index (χ4v) is 2.21. The molecule has 0 bridgehead atoms. The molecule has 5 heteroatoms. The minimum Gasteiger partial charge on any atom is -0.387 e. The van der Waals surface area contributed by atoms with Gasteiger partial charge in [0, 0.05) is 13.2 Å². The summed E-state index contributed by atoms with van der Waals surface area (Å²) in [5, 5.41) is 0. The highest BCUT2D eigenvalue weighted by Crippen LogP contribution is 2.34. The Morgan fingerprint density at radius 1 is 1.06 bits per heavy atom. The van der Waals surface area contributed by atoms with E-state index in [0.717, 1.165) is 0 Å². The van der Waals surface area contributed by atoms with E-state index in [1.54, 1.807) is 19.2 Å². The Bertz CT molecular complexity index is 400. The van der Waals surface area contributed by atoms with Gasteiger partial charge in [-0.3, -0.25) is 4.99 Å². The van der Waals surface area contributed by atoms with Crippen molar-refractivity contribution in [2.45, 2.75) is 12.2 Å². The number of ether oxygens (including phenoxy) is 1. The van der Waals surface area contributed by atoms with Gasteiger partial charge in [0.25, 0.3) is 0 Å². The number of rotatable bonds is 5. The number of amidine groups is 2. The molecule has 1 saturated heterocycles. The molecule has 1 fully saturated rings. The second-order valence-corrected chi connectivity index (χ2v) is 3.97. The van der Waals surface area contributed by atoms with Crippen molar-refractivity contribution < 1.29 is 4.74 Å². The largest absolute Gasteiger partial charge is 0.387 e. The van der Waals surface area contributed by atoms with Gasteiger partial charge in [-0.25, -0.2) is 4.99 Å². The van der Waals surface area contributed by atoms with Crippen molar-refractivity contribution in [3.8, 4) is 0 Å². The quantitative estimate of drug-likeness (QED) is 0.429. The van der Waals surface area contributed by atoms with Crippen LogP contribution in [0.3, 0.4) is 0 Å². The first-order chi connectivity index (χ1) is 8.60. The molecule has 5 nitrogen and oxygen atoms in total. The minimum absolute atomic E-state index is 0.181. The van der Waals surface area contributed by atoms with E-state index in [4.69, 9.17) is 16.2 Å². The molecule has 4 atom stereocenters. The van der Waals surface area contributed by atoms with Gasteiger partial charge in [0.2, 0.25) is 0 Å². The normalized spacial score (nSPS) is 33.2. The number of hydrogen-bond donors (Lipinski definition) is 2. The average molecular weight is 248 g/mol. The first-order valence-electron chi connectivity index (χ1n) is 5.67. The van der Waals surface area contributed by atoms with E-state index in [0.29, 0.717) is 11.7 Å². The molecule has 18 heavy (non-hydrogen) atoms. The highest BCUT2D eigenvalue weighted by Gasteiger charge is 2.45. The van der Waals surface area contributed by atoms with Crippen LogP contribution in [-0.2, 0) is 4.74 Å². The SMILES string of the molecule is C=CN=C(N)C1C(C=C)OC(C=C)C1C(N)=NC. The Hall–Kier alpha value is -1.88. The van der Waals surface area contributed by atoms with E-state index < -0.39 is 0 Å². The van der Waals surface area contributed by atoms with Gasteiger partial charge in [0.05, 0.1) is 24.0 Å². The van der Waals surface area contributed by atoms with E-state index in [9.17, 15) is 0 Å². The number of nitrogens with zero attached hydrogens (tertiary/aromatic N) is 2. The highest BCUT2D eigenvalue weighted by atomic mass is 16.5. The molecule has 1 aliphatic heterocycles. The summed E-state index contributed by atoms with van der Waals surface area (Å²) in [5.74, 6) is 0.499. The van der Waals surface area contributed by atoms with E-state index in [1.807, 2.05) is 0 Å². The van der Waals surface area contributed by atoms with Crippen molar-refractivity contribution >= 4 is 11.7 Å². The molecule has 1 rings (SSSR count). The first-order valence-corrected chi connectivity index (χ1v) is 5.67. The molecule has 4 N–H and O–H groups in total. The Morgan fingerprint density at radius 3 is 1.94 bits per heavy atom. The van der Waals surface area contributed by atoms with Crippen LogP contribution in [0.2, 0.25) is 0 Å². The summed E-state index contributed by atoms with van der Waals surface area (Å²) >= 11 is 0. The predicted octanol–water partition coefficient (Wildman–Crippen LogP) is 0.846. The second-order valence-electron chi connectivity index (χ2n) is 3.97. The molecule has 0 aliphatic carbocycles. The first kappa shape index (κ1) is 14.2. The number of nitrogens with two attached hydrogens (primary N) is 2. The van der Waals surface area contributed by atoms with Crippen LogP contribution in [0.4, 0.5) is 0 Å². The molecule has 98 valence electrons. The zero-order valence-electron chi connectivity index (χ0n) is 10.6. The summed E-state index contributed by atoms with van der Waals surface area (Å²) in [6, 6.07) is 0. The zero-order valence-corrected chi connectivity index (χ0v) is 10.6. The van der Waals surface area contributed by atoms with E-state index in [1.165, 1.54) is 6.20 Å². The standard InChI is InChI=1S/C13H20N4O/c1-5-8-10(12(14)16-4)11(9(6-2)18-8)13(15)17-7-3/h5-11H,1-3H2,4H3,(H2,14,16)(H2,15,17). The van der Waals surface area contributed by atoms with Gasteiger partial charge in [0.15, 0.2) is 0 Å². The van der Waals surface area contributed by atoms with Gasteiger partial charge < -0.3 is 16.2 Å². The maximum atomic E-state index is 5.96. The highest BCUT2D eigenvalue weighted by molar-refractivity contribution is 5.93. The molecule has 0 aromatic carbocycles. The van der Waals surface area contributed by atoms with Crippen LogP contribution in [0.1, 0.15) is 0 Å². The molecule has 0 aromatic heterocycles. The van der Waals surface area contributed by atoms with Crippen molar-refractivity contribution in [1.29, 1.82) is 0 Å². The second kappa shape index (κ2) is 6.16. The van der Waals surface area contributed by atoms with Crippen molar-refractivity contribution in [3.05, 3.63) is 38.1 Å². The Balaban J connectivity index is 3.20. The average Bonchev–Trinajstić information content (AvgIpc) is 2.76. The van der Waals surface area contributed by atoms with Crippen molar-refractivity contribution in [3.63, 3.8) is 0 Å². The lowest BCUT2D eigenvalue weighted by molar-refractivity contribution is 0.0920. The van der Waals surface area contributed by atoms with Gasteiger partial charge in [-0.2, -0.15) is 0 Å². The van der Waals surface area contributed by atoms with Crippen LogP contribution < -0.4 is 11.5 Å². The third kappa shape index (κ3) is 2.51. The van der Waals surface area contributed by atoms with E-state index >= 15 is 0 Å². The summed E-state index contributed by atoms with van der Waals surface area (Å²) in [6.07, 6.45) is 4.27. The fraction of sp³-hybridized carbons (Fsp3) is 0.385. The van der Waals surface area contributed by atoms with Gasteiger partial charge in [-0.15, -0.1) is 13.2 Å². The van der Waals surface area contributed by atoms with Crippen LogP contribution in [0.25, 0.3) is 0 Å². The van der Waals surface area contributed by atoms with Crippen LogP contribution >= 0.6 is 0 Å². The molecule has 1 heterocycles. The van der Waals surface area contributed by atoms with Crippen LogP contribution in [-0.4, -0.2) is 30.9 Å². The Kier molecular flexibility index (Phi) is 4.85. The molecular formula is C13H20N4O. The van der Waals surface area contributed by atoms with Crippen molar-refractivity contribution in [2.75, 3.05) is 7.05 Å². The third-order valence-corrected chi connectivity index (χ3v) is 3.06. The maximum Gasteiger partial charge on any atom is 0.106 e. The van der Waals surface area contributed by atoms with E-state index in [2.05, 4.69) is 29.7 Å². The van der Waals surface area contributed by atoms with Gasteiger partial charge >= 0.3 is 0 Å². The predicted molar refractivity (Wildman–Crippen MR) is 75.4 cm³/mol. The smallest absolute Gasteiger partial charge is 0.106 e. The Morgan fingerprint density at radius 2 is 1.56 bits per heavy atom. The van der Waals surface area contributed by atoms with Crippen LogP contribution in [0.5, 0.6) is 0 Å². The molecule has 1 aliphatic rings. The molecule has 0 amide bonds. The van der Waals surface area contributed by atoms with Gasteiger partial charge in [-0.05, 0) is 0 Å². The summed E-state index contributed by atoms with van der Waals surface area (Å²) in [5.41, 5.74) is 11.9. The van der Waals surface area contributed by atoms with E-state index in [-0.39, 0.29) is 24.0 Å². The number of aliphatic imine (C=N–C) groups is 2. The van der Waals surface area contributed by atoms with Crippen LogP contribution in [0.15, 0.2) is 48.1 Å². The van der Waals surface area contributed by atoms with Crippen molar-refractivity contribution in [1.82, 2.24) is 0 Å². The lowest BCUT2D eigenvalue weighted by Crippen LogP contribution is -2.41. The summed E-state index contributed by atoms with van der Waals surface area (Å²) < 4.78 is 5.78. The lowest BCUT2D eigenvalue weighted by atomic mass is 9.85. The third-order valence-electron chi connectivity index (χ3n) is 3.06. The molecule has 4 unspecified atom stereocenters. The summed E-state index contributed by atoms with van der Waals surface area (Å²) in [6.45, 7) is 11.0. The topological polar surface area (TPSA) is 86.0 Å². The molecule has 0 spiro atoms. The summed E-state index contributed by atoms with van der Waals surface area (Å²) in [4.78, 5) is 8.05.